The van der Waals surface area contributed by atoms with Crippen LogP contribution in [-0.2, 0) is 16.1 Å². The number of urea groups is 1. The number of barbiturate groups is 1. The van der Waals surface area contributed by atoms with Gasteiger partial charge in [-0.3, -0.25) is 24.6 Å². The summed E-state index contributed by atoms with van der Waals surface area (Å²) in [5.41, 5.74) is -0.577. The van der Waals surface area contributed by atoms with Crippen LogP contribution in [0.3, 0.4) is 0 Å². The highest BCUT2D eigenvalue weighted by molar-refractivity contribution is 7.07. The fraction of sp³-hybridized carbons (Fsp3) is 0.455. The van der Waals surface area contributed by atoms with Gasteiger partial charge in [-0.05, 0) is 12.8 Å². The standard InChI is InChI=1S/C11H11N3O4S/c15-7-11(2-1-3-11)8(16)14(9(17)13-7)4-6-5-19-10(18)12-6/h5H,1-4H2,(H,12,18)(H,13,15,17). The van der Waals surface area contributed by atoms with Crippen LogP contribution in [-0.4, -0.2) is 27.7 Å². The van der Waals surface area contributed by atoms with Gasteiger partial charge in [-0.2, -0.15) is 0 Å². The zero-order valence-corrected chi connectivity index (χ0v) is 10.7. The number of imide groups is 2. The van der Waals surface area contributed by atoms with Gasteiger partial charge in [0.25, 0.3) is 0 Å². The Hall–Kier alpha value is -1.96. The molecule has 2 N–H and O–H groups in total. The molecule has 1 spiro atoms. The SMILES string of the molecule is O=C1NC(=O)C2(CCC2)C(=O)N1Cc1csc(=O)[nH]1. The summed E-state index contributed by atoms with van der Waals surface area (Å²) in [5.74, 6) is -0.955. The first-order chi connectivity index (χ1) is 9.03. The first kappa shape index (κ1) is 12.1. The van der Waals surface area contributed by atoms with Crippen molar-refractivity contribution in [2.24, 2.45) is 5.41 Å². The number of hydrogen-bond acceptors (Lipinski definition) is 5. The van der Waals surface area contributed by atoms with Crippen LogP contribution in [0.4, 0.5) is 4.79 Å². The molecule has 1 aromatic rings. The predicted octanol–water partition coefficient (Wildman–Crippen LogP) is 0.185. The van der Waals surface area contributed by atoms with Gasteiger partial charge in [-0.15, -0.1) is 0 Å². The van der Waals surface area contributed by atoms with Crippen molar-refractivity contribution in [1.29, 1.82) is 0 Å². The highest BCUT2D eigenvalue weighted by atomic mass is 32.1. The van der Waals surface area contributed by atoms with Gasteiger partial charge in [0.1, 0.15) is 5.41 Å². The Morgan fingerprint density at radius 3 is 2.53 bits per heavy atom. The summed E-state index contributed by atoms with van der Waals surface area (Å²) in [6.07, 6.45) is 1.75. The van der Waals surface area contributed by atoms with E-state index in [1.165, 1.54) is 0 Å². The molecule has 1 aromatic heterocycles. The molecule has 1 saturated heterocycles. The van der Waals surface area contributed by atoms with Crippen molar-refractivity contribution in [2.45, 2.75) is 25.8 Å². The van der Waals surface area contributed by atoms with Gasteiger partial charge in [0, 0.05) is 11.1 Å². The summed E-state index contributed by atoms with van der Waals surface area (Å²) in [4.78, 5) is 50.2. The first-order valence-corrected chi connectivity index (χ1v) is 6.75. The third kappa shape index (κ3) is 1.71. The smallest absolute Gasteiger partial charge is 0.315 e. The van der Waals surface area contributed by atoms with Crippen molar-refractivity contribution < 1.29 is 14.4 Å². The number of carbonyl (C=O) groups excluding carboxylic acids is 3. The molecule has 0 unspecified atom stereocenters. The Kier molecular flexibility index (Phi) is 2.56. The highest BCUT2D eigenvalue weighted by Crippen LogP contribution is 2.44. The summed E-state index contributed by atoms with van der Waals surface area (Å²) < 4.78 is 0. The van der Waals surface area contributed by atoms with Crippen molar-refractivity contribution >= 4 is 29.2 Å². The Labute approximate surface area is 111 Å². The molecular formula is C11H11N3O4S. The number of thiazole rings is 1. The van der Waals surface area contributed by atoms with Crippen molar-refractivity contribution in [3.63, 3.8) is 0 Å². The van der Waals surface area contributed by atoms with Crippen molar-refractivity contribution in [2.75, 3.05) is 0 Å². The number of aromatic amines is 1. The molecule has 7 nitrogen and oxygen atoms in total. The maximum atomic E-state index is 12.3. The minimum atomic E-state index is -1.07. The molecule has 0 bridgehead atoms. The third-order valence-corrected chi connectivity index (χ3v) is 4.38. The summed E-state index contributed by atoms with van der Waals surface area (Å²) in [6.45, 7) is -0.0154. The van der Waals surface area contributed by atoms with E-state index in [0.717, 1.165) is 22.7 Å². The molecule has 1 aliphatic heterocycles. The Bertz CT molecular complexity index is 628. The molecular weight excluding hydrogens is 270 g/mol. The van der Waals surface area contributed by atoms with Crippen LogP contribution in [0.1, 0.15) is 25.0 Å². The van der Waals surface area contributed by atoms with E-state index in [2.05, 4.69) is 10.3 Å². The van der Waals surface area contributed by atoms with E-state index in [4.69, 9.17) is 0 Å². The lowest BCUT2D eigenvalue weighted by Gasteiger charge is -2.44. The molecule has 8 heteroatoms. The second-order valence-electron chi connectivity index (χ2n) is 4.76. The van der Waals surface area contributed by atoms with Gasteiger partial charge in [-0.1, -0.05) is 17.8 Å². The third-order valence-electron chi connectivity index (χ3n) is 3.66. The van der Waals surface area contributed by atoms with Crippen molar-refractivity contribution in [3.8, 4) is 0 Å². The van der Waals surface area contributed by atoms with E-state index in [9.17, 15) is 19.2 Å². The average molecular weight is 281 g/mol. The van der Waals surface area contributed by atoms with E-state index in [1.807, 2.05) is 0 Å². The maximum absolute atomic E-state index is 12.3. The lowest BCUT2D eigenvalue weighted by atomic mass is 9.66. The maximum Gasteiger partial charge on any atom is 0.331 e. The summed E-state index contributed by atoms with van der Waals surface area (Å²) >= 11 is 0.968. The number of nitrogens with zero attached hydrogens (tertiary/aromatic N) is 1. The number of rotatable bonds is 2. The summed E-state index contributed by atoms with van der Waals surface area (Å²) in [6, 6.07) is -0.723. The number of nitrogens with one attached hydrogen (secondary N) is 2. The fourth-order valence-electron chi connectivity index (χ4n) is 2.41. The van der Waals surface area contributed by atoms with Crippen LogP contribution in [0.2, 0.25) is 0 Å². The Morgan fingerprint density at radius 2 is 2.00 bits per heavy atom. The Morgan fingerprint density at radius 1 is 1.26 bits per heavy atom. The largest absolute Gasteiger partial charge is 0.331 e. The monoisotopic (exact) mass is 281 g/mol. The molecule has 2 fully saturated rings. The van der Waals surface area contributed by atoms with Gasteiger partial charge in [0.05, 0.1) is 6.54 Å². The number of aromatic nitrogens is 1. The molecule has 0 radical (unpaired) electrons. The molecule has 2 heterocycles. The number of H-pyrrole nitrogens is 1. The molecule has 0 atom stereocenters. The highest BCUT2D eigenvalue weighted by Gasteiger charge is 2.57. The van der Waals surface area contributed by atoms with Gasteiger partial charge < -0.3 is 4.98 Å². The number of amides is 4. The number of hydrogen-bond donors (Lipinski definition) is 2. The van der Waals surface area contributed by atoms with Crippen molar-refractivity contribution in [3.05, 3.63) is 20.7 Å². The predicted molar refractivity (Wildman–Crippen MR) is 65.3 cm³/mol. The zero-order chi connectivity index (χ0) is 13.6. The molecule has 100 valence electrons. The lowest BCUT2D eigenvalue weighted by Crippen LogP contribution is -2.65. The van der Waals surface area contributed by atoms with Crippen LogP contribution in [0.15, 0.2) is 10.2 Å². The quantitative estimate of drug-likeness (QED) is 0.755. The minimum absolute atomic E-state index is 0.0154. The first-order valence-electron chi connectivity index (χ1n) is 5.87. The van der Waals surface area contributed by atoms with Gasteiger partial charge in [0.2, 0.25) is 11.8 Å². The molecule has 4 amide bonds. The average Bonchev–Trinajstić information content (AvgIpc) is 2.68. The van der Waals surface area contributed by atoms with E-state index in [1.54, 1.807) is 5.38 Å². The van der Waals surface area contributed by atoms with E-state index in [-0.39, 0.29) is 11.4 Å². The van der Waals surface area contributed by atoms with Crippen LogP contribution in [0.5, 0.6) is 0 Å². The van der Waals surface area contributed by atoms with Crippen LogP contribution in [0.25, 0.3) is 0 Å². The van der Waals surface area contributed by atoms with Crippen LogP contribution < -0.4 is 10.2 Å². The van der Waals surface area contributed by atoms with E-state index < -0.39 is 23.3 Å². The van der Waals surface area contributed by atoms with Gasteiger partial charge in [0.15, 0.2) is 0 Å². The second-order valence-corrected chi connectivity index (χ2v) is 5.60. The number of carbonyl (C=O) groups is 3. The van der Waals surface area contributed by atoms with Gasteiger partial charge >= 0.3 is 10.9 Å². The molecule has 19 heavy (non-hydrogen) atoms. The fourth-order valence-corrected chi connectivity index (χ4v) is 2.98. The van der Waals surface area contributed by atoms with Crippen LogP contribution >= 0.6 is 11.3 Å². The molecule has 3 rings (SSSR count). The second kappa shape index (κ2) is 4.02. The molecule has 0 aromatic carbocycles. The zero-order valence-electron chi connectivity index (χ0n) is 9.89. The van der Waals surface area contributed by atoms with Crippen LogP contribution in [0, 0.1) is 5.41 Å². The van der Waals surface area contributed by atoms with E-state index >= 15 is 0 Å². The van der Waals surface area contributed by atoms with Crippen molar-refractivity contribution in [1.82, 2.24) is 15.2 Å². The summed E-state index contributed by atoms with van der Waals surface area (Å²) in [5, 5.41) is 3.78. The van der Waals surface area contributed by atoms with E-state index in [0.29, 0.717) is 18.5 Å². The molecule has 1 aliphatic carbocycles. The normalized spacial score (nSPS) is 21.5. The lowest BCUT2D eigenvalue weighted by molar-refractivity contribution is -0.158. The Balaban J connectivity index is 1.87. The minimum Gasteiger partial charge on any atom is -0.315 e. The van der Waals surface area contributed by atoms with Gasteiger partial charge in [-0.25, -0.2) is 4.79 Å². The summed E-state index contributed by atoms with van der Waals surface area (Å²) in [7, 11) is 0. The topological polar surface area (TPSA) is 99.3 Å². The molecule has 1 saturated carbocycles. The molecule has 2 aliphatic rings.